The van der Waals surface area contributed by atoms with Crippen molar-refractivity contribution in [3.8, 4) is 11.5 Å². The molecular formula is C15H13ClFN3O3. The first kappa shape index (κ1) is 15.4. The van der Waals surface area contributed by atoms with E-state index in [2.05, 4.69) is 15.6 Å². The van der Waals surface area contributed by atoms with Crippen molar-refractivity contribution in [1.29, 1.82) is 0 Å². The van der Waals surface area contributed by atoms with Gasteiger partial charge in [0.1, 0.15) is 13.2 Å². The SMILES string of the molecule is O=C(NCc1cc(Cl)c2c(c1)OCCO2)Nc1ccncc1F. The Hall–Kier alpha value is -2.54. The fourth-order valence-corrected chi connectivity index (χ4v) is 2.38. The minimum Gasteiger partial charge on any atom is -0.486 e. The standard InChI is InChI=1S/C15H13ClFN3O3/c16-10-5-9(6-13-14(10)23-4-3-22-13)7-19-15(21)20-12-1-2-18-8-11(12)17/h1-2,5-6,8H,3-4,7H2,(H2,18,19,20,21). The molecule has 0 fully saturated rings. The number of carbonyl (C=O) groups is 1. The summed E-state index contributed by atoms with van der Waals surface area (Å²) >= 11 is 6.12. The summed E-state index contributed by atoms with van der Waals surface area (Å²) in [6, 6.07) is 4.26. The van der Waals surface area contributed by atoms with E-state index >= 15 is 0 Å². The Bertz CT molecular complexity index is 742. The molecule has 0 unspecified atom stereocenters. The number of rotatable bonds is 3. The van der Waals surface area contributed by atoms with E-state index in [0.717, 1.165) is 11.8 Å². The zero-order chi connectivity index (χ0) is 16.2. The molecule has 0 radical (unpaired) electrons. The predicted octanol–water partition coefficient (Wildman–Crippen LogP) is 2.97. The Morgan fingerprint density at radius 3 is 3.00 bits per heavy atom. The third-order valence-electron chi connectivity index (χ3n) is 3.13. The number of amides is 2. The lowest BCUT2D eigenvalue weighted by Crippen LogP contribution is -2.28. The van der Waals surface area contributed by atoms with Gasteiger partial charge in [-0.15, -0.1) is 0 Å². The number of hydrogen-bond donors (Lipinski definition) is 2. The van der Waals surface area contributed by atoms with Gasteiger partial charge >= 0.3 is 6.03 Å². The fraction of sp³-hybridized carbons (Fsp3) is 0.200. The van der Waals surface area contributed by atoms with Gasteiger partial charge in [-0.1, -0.05) is 11.6 Å². The molecule has 2 amide bonds. The lowest BCUT2D eigenvalue weighted by atomic mass is 10.2. The largest absolute Gasteiger partial charge is 0.486 e. The van der Waals surface area contributed by atoms with Gasteiger partial charge in [0.05, 0.1) is 16.9 Å². The lowest BCUT2D eigenvalue weighted by molar-refractivity contribution is 0.171. The molecule has 2 aromatic rings. The van der Waals surface area contributed by atoms with Crippen LogP contribution in [0.4, 0.5) is 14.9 Å². The van der Waals surface area contributed by atoms with Gasteiger partial charge in [-0.2, -0.15) is 0 Å². The summed E-state index contributed by atoms with van der Waals surface area (Å²) in [4.78, 5) is 15.4. The zero-order valence-corrected chi connectivity index (χ0v) is 12.7. The third kappa shape index (κ3) is 3.62. The van der Waals surface area contributed by atoms with E-state index in [0.29, 0.717) is 29.7 Å². The number of halogens is 2. The zero-order valence-electron chi connectivity index (χ0n) is 11.9. The van der Waals surface area contributed by atoms with E-state index in [1.807, 2.05) is 0 Å². The average Bonchev–Trinajstić information content (AvgIpc) is 2.55. The van der Waals surface area contributed by atoms with Crippen LogP contribution in [0.3, 0.4) is 0 Å². The van der Waals surface area contributed by atoms with Gasteiger partial charge in [0, 0.05) is 12.7 Å². The number of urea groups is 1. The summed E-state index contributed by atoms with van der Waals surface area (Å²) < 4.78 is 24.3. The second kappa shape index (κ2) is 6.70. The third-order valence-corrected chi connectivity index (χ3v) is 3.41. The molecular weight excluding hydrogens is 325 g/mol. The molecule has 0 spiro atoms. The molecule has 0 atom stereocenters. The Morgan fingerprint density at radius 1 is 1.35 bits per heavy atom. The molecule has 0 bridgehead atoms. The van der Waals surface area contributed by atoms with Crippen LogP contribution in [-0.2, 0) is 6.54 Å². The highest BCUT2D eigenvalue weighted by molar-refractivity contribution is 6.32. The van der Waals surface area contributed by atoms with Crippen LogP contribution >= 0.6 is 11.6 Å². The van der Waals surface area contributed by atoms with Gasteiger partial charge in [0.2, 0.25) is 0 Å². The number of pyridine rings is 1. The van der Waals surface area contributed by atoms with Gasteiger partial charge in [0.25, 0.3) is 0 Å². The van der Waals surface area contributed by atoms with Crippen molar-refractivity contribution in [3.05, 3.63) is 47.0 Å². The Kier molecular flexibility index (Phi) is 4.47. The van der Waals surface area contributed by atoms with Gasteiger partial charge < -0.3 is 20.1 Å². The first-order chi connectivity index (χ1) is 11.1. The van der Waals surface area contributed by atoms with Gasteiger partial charge in [0.15, 0.2) is 17.3 Å². The summed E-state index contributed by atoms with van der Waals surface area (Å²) in [7, 11) is 0. The summed E-state index contributed by atoms with van der Waals surface area (Å²) in [6.45, 7) is 1.10. The van der Waals surface area contributed by atoms with Crippen LogP contribution in [0.5, 0.6) is 11.5 Å². The van der Waals surface area contributed by atoms with Crippen molar-refractivity contribution in [1.82, 2.24) is 10.3 Å². The van der Waals surface area contributed by atoms with E-state index in [1.165, 1.54) is 12.3 Å². The summed E-state index contributed by atoms with van der Waals surface area (Å²) in [5.41, 5.74) is 0.794. The smallest absolute Gasteiger partial charge is 0.319 e. The number of aromatic nitrogens is 1. The molecule has 1 aromatic heterocycles. The van der Waals surface area contributed by atoms with Crippen molar-refractivity contribution in [3.63, 3.8) is 0 Å². The molecule has 6 nitrogen and oxygen atoms in total. The van der Waals surface area contributed by atoms with Crippen LogP contribution in [0.15, 0.2) is 30.6 Å². The van der Waals surface area contributed by atoms with Crippen LogP contribution in [0.2, 0.25) is 5.02 Å². The molecule has 0 saturated carbocycles. The van der Waals surface area contributed by atoms with Gasteiger partial charge in [-0.3, -0.25) is 4.98 Å². The van der Waals surface area contributed by atoms with Crippen molar-refractivity contribution >= 4 is 23.3 Å². The van der Waals surface area contributed by atoms with Gasteiger partial charge in [-0.25, -0.2) is 9.18 Å². The van der Waals surface area contributed by atoms with Crippen LogP contribution in [0.25, 0.3) is 0 Å². The average molecular weight is 338 g/mol. The van der Waals surface area contributed by atoms with Crippen molar-refractivity contribution in [2.75, 3.05) is 18.5 Å². The summed E-state index contributed by atoms with van der Waals surface area (Å²) in [5, 5.41) is 5.44. The maximum atomic E-state index is 13.4. The van der Waals surface area contributed by atoms with E-state index in [-0.39, 0.29) is 12.2 Å². The molecule has 1 aliphatic heterocycles. The minimum atomic E-state index is -0.606. The van der Waals surface area contributed by atoms with Crippen molar-refractivity contribution < 1.29 is 18.7 Å². The monoisotopic (exact) mass is 337 g/mol. The molecule has 0 saturated heterocycles. The number of anilines is 1. The normalized spacial score (nSPS) is 12.6. The molecule has 1 aromatic carbocycles. The van der Waals surface area contributed by atoms with Crippen molar-refractivity contribution in [2.45, 2.75) is 6.54 Å². The van der Waals surface area contributed by atoms with E-state index in [9.17, 15) is 9.18 Å². The number of ether oxygens (including phenoxy) is 2. The molecule has 0 aliphatic carbocycles. The Morgan fingerprint density at radius 2 is 2.17 bits per heavy atom. The van der Waals surface area contributed by atoms with Crippen LogP contribution in [-0.4, -0.2) is 24.2 Å². The van der Waals surface area contributed by atoms with Crippen molar-refractivity contribution in [2.24, 2.45) is 0 Å². The van der Waals surface area contributed by atoms with E-state index in [1.54, 1.807) is 12.1 Å². The topological polar surface area (TPSA) is 72.5 Å². The predicted molar refractivity (Wildman–Crippen MR) is 82.5 cm³/mol. The van der Waals surface area contributed by atoms with Crippen LogP contribution in [0.1, 0.15) is 5.56 Å². The maximum absolute atomic E-state index is 13.4. The molecule has 8 heteroatoms. The Balaban J connectivity index is 1.63. The molecule has 2 heterocycles. The Labute approximate surface area is 136 Å². The number of carbonyl (C=O) groups excluding carboxylic acids is 1. The van der Waals surface area contributed by atoms with E-state index < -0.39 is 11.8 Å². The second-order valence-electron chi connectivity index (χ2n) is 4.77. The lowest BCUT2D eigenvalue weighted by Gasteiger charge is -2.20. The number of benzene rings is 1. The molecule has 1 aliphatic rings. The quantitative estimate of drug-likeness (QED) is 0.903. The first-order valence-electron chi connectivity index (χ1n) is 6.86. The highest BCUT2D eigenvalue weighted by Crippen LogP contribution is 2.38. The van der Waals surface area contributed by atoms with E-state index in [4.69, 9.17) is 21.1 Å². The molecule has 3 rings (SSSR count). The van der Waals surface area contributed by atoms with Crippen LogP contribution < -0.4 is 20.1 Å². The molecule has 23 heavy (non-hydrogen) atoms. The second-order valence-corrected chi connectivity index (χ2v) is 5.17. The summed E-state index contributed by atoms with van der Waals surface area (Å²) in [6.07, 6.45) is 2.41. The fourth-order valence-electron chi connectivity index (χ4n) is 2.09. The highest BCUT2D eigenvalue weighted by atomic mass is 35.5. The molecule has 2 N–H and O–H groups in total. The highest BCUT2D eigenvalue weighted by Gasteiger charge is 2.17. The first-order valence-corrected chi connectivity index (χ1v) is 7.23. The number of nitrogens with zero attached hydrogens (tertiary/aromatic N) is 1. The number of nitrogens with one attached hydrogen (secondary N) is 2. The maximum Gasteiger partial charge on any atom is 0.319 e. The van der Waals surface area contributed by atoms with Gasteiger partial charge in [-0.05, 0) is 23.8 Å². The van der Waals surface area contributed by atoms with Crippen LogP contribution in [0, 0.1) is 5.82 Å². The summed E-state index contributed by atoms with van der Waals surface area (Å²) in [5.74, 6) is 0.441. The minimum absolute atomic E-state index is 0.0534. The number of hydrogen-bond acceptors (Lipinski definition) is 4. The number of fused-ring (bicyclic) bond motifs is 1. The molecule has 120 valence electrons.